The van der Waals surface area contributed by atoms with Crippen molar-refractivity contribution in [2.75, 3.05) is 0 Å². The minimum atomic E-state index is -0.772. The van der Waals surface area contributed by atoms with Gasteiger partial charge in [-0.2, -0.15) is 0 Å². The first-order chi connectivity index (χ1) is 12.0. The number of ketones is 1. The molecule has 0 aromatic rings. The number of hydrogen-bond acceptors (Lipinski definition) is 4. The molecule has 0 amide bonds. The van der Waals surface area contributed by atoms with Gasteiger partial charge >= 0.3 is 5.97 Å². The number of allylic oxidation sites excluding steroid dienone is 1. The summed E-state index contributed by atoms with van der Waals surface area (Å²) < 4.78 is 0. The van der Waals surface area contributed by atoms with Crippen molar-refractivity contribution in [3.8, 4) is 0 Å². The third kappa shape index (κ3) is 8.45. The summed E-state index contributed by atoms with van der Waals surface area (Å²) in [5.41, 5.74) is 0. The second-order valence-corrected chi connectivity index (χ2v) is 6.84. The van der Waals surface area contributed by atoms with Crippen molar-refractivity contribution in [3.63, 3.8) is 0 Å². The van der Waals surface area contributed by atoms with Crippen LogP contribution in [0.25, 0.3) is 0 Å². The second kappa shape index (κ2) is 12.0. The van der Waals surface area contributed by atoms with Crippen molar-refractivity contribution in [2.45, 2.75) is 76.9 Å². The molecule has 1 aliphatic rings. The van der Waals surface area contributed by atoms with Gasteiger partial charge in [-0.3, -0.25) is 9.59 Å². The summed E-state index contributed by atoms with van der Waals surface area (Å²) in [6, 6.07) is 0. The summed E-state index contributed by atoms with van der Waals surface area (Å²) >= 11 is 0. The van der Waals surface area contributed by atoms with E-state index in [0.29, 0.717) is 19.3 Å². The topological polar surface area (TPSA) is 94.8 Å². The number of carboxylic acids is 1. The molecule has 0 heterocycles. The van der Waals surface area contributed by atoms with Crippen LogP contribution in [0.4, 0.5) is 0 Å². The number of aliphatic hydroxyl groups is 2. The Labute approximate surface area is 150 Å². The summed E-state index contributed by atoms with van der Waals surface area (Å²) in [4.78, 5) is 22.6. The number of carbonyl (C=O) groups excluding carboxylic acids is 1. The van der Waals surface area contributed by atoms with E-state index < -0.39 is 18.2 Å². The Kier molecular flexibility index (Phi) is 10.3. The summed E-state index contributed by atoms with van der Waals surface area (Å²) in [6.45, 7) is 2.03. The number of aliphatic hydroxyl groups excluding tert-OH is 2. The van der Waals surface area contributed by atoms with Crippen LogP contribution in [0.1, 0.15) is 64.7 Å². The average molecular weight is 352 g/mol. The molecule has 0 aromatic heterocycles. The highest BCUT2D eigenvalue weighted by Crippen LogP contribution is 2.34. The summed E-state index contributed by atoms with van der Waals surface area (Å²) in [5.74, 6) is -1.10. The molecule has 3 N–H and O–H groups in total. The molecule has 0 bridgehead atoms. The molecule has 0 aliphatic heterocycles. The number of hydrogen-bond donors (Lipinski definition) is 3. The van der Waals surface area contributed by atoms with Crippen molar-refractivity contribution >= 4 is 11.8 Å². The molecule has 0 aromatic carbocycles. The lowest BCUT2D eigenvalue weighted by molar-refractivity contribution is -0.137. The van der Waals surface area contributed by atoms with Gasteiger partial charge in [0.2, 0.25) is 0 Å². The van der Waals surface area contributed by atoms with Crippen LogP contribution in [-0.2, 0) is 9.59 Å². The fraction of sp³-hybridized carbons (Fsp3) is 0.700. The monoisotopic (exact) mass is 352 g/mol. The Balaban J connectivity index is 2.43. The minimum Gasteiger partial charge on any atom is -0.481 e. The van der Waals surface area contributed by atoms with E-state index in [0.717, 1.165) is 25.7 Å². The Hall–Kier alpha value is -1.46. The fourth-order valence-corrected chi connectivity index (χ4v) is 3.32. The van der Waals surface area contributed by atoms with Gasteiger partial charge in [0.25, 0.3) is 0 Å². The highest BCUT2D eigenvalue weighted by atomic mass is 16.4. The maximum absolute atomic E-state index is 12.1. The van der Waals surface area contributed by atoms with E-state index >= 15 is 0 Å². The predicted molar refractivity (Wildman–Crippen MR) is 97.1 cm³/mol. The zero-order valence-electron chi connectivity index (χ0n) is 15.1. The van der Waals surface area contributed by atoms with Gasteiger partial charge in [-0.1, -0.05) is 50.5 Å². The van der Waals surface area contributed by atoms with Gasteiger partial charge in [0.1, 0.15) is 5.78 Å². The first-order valence-electron chi connectivity index (χ1n) is 9.39. The number of carbonyl (C=O) groups is 2. The van der Waals surface area contributed by atoms with E-state index in [4.69, 9.17) is 5.11 Å². The highest BCUT2D eigenvalue weighted by Gasteiger charge is 2.39. The maximum Gasteiger partial charge on any atom is 0.303 e. The lowest BCUT2D eigenvalue weighted by Gasteiger charge is -2.18. The molecule has 0 radical (unpaired) electrons. The molecular weight excluding hydrogens is 320 g/mol. The Morgan fingerprint density at radius 1 is 1.24 bits per heavy atom. The summed E-state index contributed by atoms with van der Waals surface area (Å²) in [7, 11) is 0. The zero-order chi connectivity index (χ0) is 18.7. The highest BCUT2D eigenvalue weighted by molar-refractivity contribution is 5.84. The van der Waals surface area contributed by atoms with E-state index in [9.17, 15) is 19.8 Å². The Morgan fingerprint density at radius 3 is 2.64 bits per heavy atom. The largest absolute Gasteiger partial charge is 0.481 e. The standard InChI is InChI=1S/C20H32O5/c1-2-3-6-9-15(21)12-13-17-16(18(22)14-19(17)23)10-7-4-5-8-11-20(24)25/h3,6,12-13,15-17,19,21,23H,2,4-5,7-11,14H2,1H3,(H,24,25)/t15-,16+,17+,19+/m0/s1. The molecule has 0 spiro atoms. The molecule has 4 atom stereocenters. The van der Waals surface area contributed by atoms with Gasteiger partial charge in [0.15, 0.2) is 0 Å². The third-order valence-corrected chi connectivity index (χ3v) is 4.72. The van der Waals surface area contributed by atoms with Gasteiger partial charge in [-0.05, 0) is 25.7 Å². The molecule has 0 unspecified atom stereocenters. The molecule has 25 heavy (non-hydrogen) atoms. The van der Waals surface area contributed by atoms with Crippen LogP contribution in [0.15, 0.2) is 24.3 Å². The SMILES string of the molecule is CCC=CC[C@H](O)C=C[C@H]1[C@H](O)CC(=O)[C@@H]1CCCCCCC(=O)O. The van der Waals surface area contributed by atoms with Crippen LogP contribution >= 0.6 is 0 Å². The molecular formula is C20H32O5. The van der Waals surface area contributed by atoms with Crippen LogP contribution in [0.3, 0.4) is 0 Å². The predicted octanol–water partition coefficient (Wildman–Crippen LogP) is 3.25. The Bertz CT molecular complexity index is 469. The number of aliphatic carboxylic acids is 1. The normalized spacial score (nSPS) is 25.2. The van der Waals surface area contributed by atoms with Gasteiger partial charge < -0.3 is 15.3 Å². The van der Waals surface area contributed by atoms with E-state index in [1.54, 1.807) is 12.2 Å². The van der Waals surface area contributed by atoms with E-state index in [2.05, 4.69) is 0 Å². The van der Waals surface area contributed by atoms with Gasteiger partial charge in [-0.15, -0.1) is 0 Å². The fourth-order valence-electron chi connectivity index (χ4n) is 3.32. The minimum absolute atomic E-state index is 0.0908. The third-order valence-electron chi connectivity index (χ3n) is 4.72. The molecule has 0 saturated heterocycles. The summed E-state index contributed by atoms with van der Waals surface area (Å²) in [6.07, 6.45) is 12.0. The molecule has 1 rings (SSSR count). The quantitative estimate of drug-likeness (QED) is 0.370. The lowest BCUT2D eigenvalue weighted by Crippen LogP contribution is -2.19. The molecule has 5 nitrogen and oxygen atoms in total. The average Bonchev–Trinajstić information content (AvgIpc) is 2.82. The van der Waals surface area contributed by atoms with E-state index in [-0.39, 0.29) is 30.5 Å². The van der Waals surface area contributed by atoms with Crippen LogP contribution in [0.2, 0.25) is 0 Å². The van der Waals surface area contributed by atoms with Crippen LogP contribution in [0.5, 0.6) is 0 Å². The van der Waals surface area contributed by atoms with E-state index in [1.807, 2.05) is 19.1 Å². The first-order valence-corrected chi connectivity index (χ1v) is 9.39. The van der Waals surface area contributed by atoms with Crippen LogP contribution in [0, 0.1) is 11.8 Å². The maximum atomic E-state index is 12.1. The van der Waals surface area contributed by atoms with Crippen molar-refractivity contribution in [3.05, 3.63) is 24.3 Å². The lowest BCUT2D eigenvalue weighted by atomic mass is 9.88. The van der Waals surface area contributed by atoms with Gasteiger partial charge in [0, 0.05) is 24.7 Å². The second-order valence-electron chi connectivity index (χ2n) is 6.84. The number of carboxylic acid groups (broad SMARTS) is 1. The zero-order valence-corrected chi connectivity index (χ0v) is 15.1. The molecule has 1 fully saturated rings. The van der Waals surface area contributed by atoms with Gasteiger partial charge in [0.05, 0.1) is 12.2 Å². The van der Waals surface area contributed by atoms with Crippen molar-refractivity contribution in [2.24, 2.45) is 11.8 Å². The van der Waals surface area contributed by atoms with Crippen LogP contribution < -0.4 is 0 Å². The van der Waals surface area contributed by atoms with Gasteiger partial charge in [-0.25, -0.2) is 0 Å². The van der Waals surface area contributed by atoms with E-state index in [1.165, 1.54) is 0 Å². The molecule has 142 valence electrons. The van der Waals surface area contributed by atoms with Crippen LogP contribution in [-0.4, -0.2) is 39.3 Å². The molecule has 1 saturated carbocycles. The summed E-state index contributed by atoms with van der Waals surface area (Å²) in [5, 5.41) is 28.7. The number of Topliss-reactive ketones (excluding diaryl/α,β-unsaturated/α-hetero) is 1. The first kappa shape index (κ1) is 21.6. The molecule has 5 heteroatoms. The Morgan fingerprint density at radius 2 is 1.96 bits per heavy atom. The van der Waals surface area contributed by atoms with Crippen molar-refractivity contribution in [1.82, 2.24) is 0 Å². The van der Waals surface area contributed by atoms with Crippen molar-refractivity contribution < 1.29 is 24.9 Å². The smallest absolute Gasteiger partial charge is 0.303 e. The van der Waals surface area contributed by atoms with Crippen molar-refractivity contribution in [1.29, 1.82) is 0 Å². The molecule has 1 aliphatic carbocycles. The number of rotatable bonds is 12. The number of unbranched alkanes of at least 4 members (excludes halogenated alkanes) is 3.